The third-order valence-corrected chi connectivity index (χ3v) is 5.38. The molecule has 3 amide bonds. The standard InChI is InChI=1S/C23H36N4O4/c1-6-16(2)19(21(29)25-14-12-17-10-7-8-13-24-17)26-20(28)18-11-9-15-27(18)22(30)31-23(3,4)5/h7-8,10,13,16,18-19H,6,9,11-12,14-15H2,1-5H3,(H,25,29)(H,26,28)/t16?,18-,19-/m0/s1. The minimum atomic E-state index is -0.665. The second-order valence-corrected chi connectivity index (χ2v) is 9.07. The summed E-state index contributed by atoms with van der Waals surface area (Å²) in [5.74, 6) is -0.579. The Bertz CT molecular complexity index is 748. The van der Waals surface area contributed by atoms with Crippen LogP contribution in [0.3, 0.4) is 0 Å². The lowest BCUT2D eigenvalue weighted by Gasteiger charge is -2.30. The molecule has 2 rings (SSSR count). The molecule has 1 saturated heterocycles. The van der Waals surface area contributed by atoms with Gasteiger partial charge in [0.05, 0.1) is 0 Å². The predicted molar refractivity (Wildman–Crippen MR) is 118 cm³/mol. The molecule has 172 valence electrons. The molecule has 1 aliphatic heterocycles. The number of likely N-dealkylation sites (tertiary alicyclic amines) is 1. The van der Waals surface area contributed by atoms with Gasteiger partial charge in [0.15, 0.2) is 0 Å². The summed E-state index contributed by atoms with van der Waals surface area (Å²) in [6.07, 6.45) is 3.85. The van der Waals surface area contributed by atoms with E-state index >= 15 is 0 Å². The maximum atomic E-state index is 13.0. The normalized spacial score (nSPS) is 18.2. The molecule has 0 aromatic carbocycles. The zero-order chi connectivity index (χ0) is 23.0. The van der Waals surface area contributed by atoms with Crippen LogP contribution in [-0.2, 0) is 20.7 Å². The fraction of sp³-hybridized carbons (Fsp3) is 0.652. The Hall–Kier alpha value is -2.64. The summed E-state index contributed by atoms with van der Waals surface area (Å²) in [6, 6.07) is 4.38. The highest BCUT2D eigenvalue weighted by molar-refractivity contribution is 5.91. The van der Waals surface area contributed by atoms with Crippen molar-refractivity contribution < 1.29 is 19.1 Å². The Morgan fingerprint density at radius 1 is 1.29 bits per heavy atom. The molecule has 0 saturated carbocycles. The van der Waals surface area contributed by atoms with E-state index < -0.39 is 23.8 Å². The van der Waals surface area contributed by atoms with E-state index in [9.17, 15) is 14.4 Å². The Kier molecular flexibility index (Phi) is 8.83. The molecule has 0 radical (unpaired) electrons. The maximum Gasteiger partial charge on any atom is 0.410 e. The second kappa shape index (κ2) is 11.1. The number of nitrogens with one attached hydrogen (secondary N) is 2. The van der Waals surface area contributed by atoms with Crippen LogP contribution in [0, 0.1) is 5.92 Å². The van der Waals surface area contributed by atoms with Crippen molar-refractivity contribution in [3.05, 3.63) is 30.1 Å². The van der Waals surface area contributed by atoms with Crippen molar-refractivity contribution in [1.29, 1.82) is 0 Å². The highest BCUT2D eigenvalue weighted by atomic mass is 16.6. The third-order valence-electron chi connectivity index (χ3n) is 5.38. The number of hydrogen-bond donors (Lipinski definition) is 2. The van der Waals surface area contributed by atoms with Crippen LogP contribution in [0.15, 0.2) is 24.4 Å². The summed E-state index contributed by atoms with van der Waals surface area (Å²) in [7, 11) is 0. The Labute approximate surface area is 185 Å². The maximum absolute atomic E-state index is 13.0. The molecule has 0 spiro atoms. The van der Waals surface area contributed by atoms with Crippen LogP contribution in [-0.4, -0.2) is 58.6 Å². The number of amides is 3. The first kappa shape index (κ1) is 24.6. The first-order chi connectivity index (χ1) is 14.6. The van der Waals surface area contributed by atoms with Gasteiger partial charge in [-0.15, -0.1) is 0 Å². The first-order valence-corrected chi connectivity index (χ1v) is 11.1. The van der Waals surface area contributed by atoms with Gasteiger partial charge in [-0.3, -0.25) is 19.5 Å². The number of aromatic nitrogens is 1. The lowest BCUT2D eigenvalue weighted by atomic mass is 9.97. The molecule has 1 fully saturated rings. The molecule has 2 N–H and O–H groups in total. The van der Waals surface area contributed by atoms with Gasteiger partial charge in [0.2, 0.25) is 11.8 Å². The zero-order valence-corrected chi connectivity index (χ0v) is 19.3. The van der Waals surface area contributed by atoms with Crippen LogP contribution < -0.4 is 10.6 Å². The summed E-state index contributed by atoms with van der Waals surface area (Å²) in [6.45, 7) is 10.2. The topological polar surface area (TPSA) is 101 Å². The van der Waals surface area contributed by atoms with Crippen molar-refractivity contribution in [1.82, 2.24) is 20.5 Å². The highest BCUT2D eigenvalue weighted by Gasteiger charge is 2.38. The molecular formula is C23H36N4O4. The summed E-state index contributed by atoms with van der Waals surface area (Å²) < 4.78 is 5.44. The van der Waals surface area contributed by atoms with E-state index in [1.54, 1.807) is 27.0 Å². The van der Waals surface area contributed by atoms with E-state index in [1.807, 2.05) is 32.0 Å². The summed E-state index contributed by atoms with van der Waals surface area (Å²) in [5, 5.41) is 5.80. The number of nitrogens with zero attached hydrogens (tertiary/aromatic N) is 2. The van der Waals surface area contributed by atoms with Crippen molar-refractivity contribution in [2.24, 2.45) is 5.92 Å². The Morgan fingerprint density at radius 3 is 2.65 bits per heavy atom. The molecule has 2 heterocycles. The van der Waals surface area contributed by atoms with E-state index in [2.05, 4.69) is 15.6 Å². The van der Waals surface area contributed by atoms with Gasteiger partial charge in [-0.1, -0.05) is 26.3 Å². The van der Waals surface area contributed by atoms with Crippen LogP contribution in [0.4, 0.5) is 4.79 Å². The van der Waals surface area contributed by atoms with Crippen molar-refractivity contribution in [2.45, 2.75) is 78.0 Å². The zero-order valence-electron chi connectivity index (χ0n) is 19.3. The monoisotopic (exact) mass is 432 g/mol. The van der Waals surface area contributed by atoms with E-state index in [1.165, 1.54) is 4.90 Å². The highest BCUT2D eigenvalue weighted by Crippen LogP contribution is 2.21. The van der Waals surface area contributed by atoms with E-state index in [0.717, 1.165) is 18.5 Å². The van der Waals surface area contributed by atoms with E-state index in [0.29, 0.717) is 25.9 Å². The number of ether oxygens (including phenoxy) is 1. The second-order valence-electron chi connectivity index (χ2n) is 9.07. The molecule has 0 bridgehead atoms. The van der Waals surface area contributed by atoms with Gasteiger partial charge in [-0.2, -0.15) is 0 Å². The first-order valence-electron chi connectivity index (χ1n) is 11.1. The SMILES string of the molecule is CCC(C)[C@H](NC(=O)[C@@H]1CCCN1C(=O)OC(C)(C)C)C(=O)NCCc1ccccn1. The number of rotatable bonds is 8. The fourth-order valence-corrected chi connectivity index (χ4v) is 3.50. The fourth-order valence-electron chi connectivity index (χ4n) is 3.50. The molecule has 8 heteroatoms. The quantitative estimate of drug-likeness (QED) is 0.658. The van der Waals surface area contributed by atoms with Crippen molar-refractivity contribution >= 4 is 17.9 Å². The van der Waals surface area contributed by atoms with Gasteiger partial charge >= 0.3 is 6.09 Å². The van der Waals surface area contributed by atoms with E-state index in [4.69, 9.17) is 4.74 Å². The van der Waals surface area contributed by atoms with Gasteiger partial charge in [0, 0.05) is 31.4 Å². The lowest BCUT2D eigenvalue weighted by Crippen LogP contribution is -2.55. The smallest absolute Gasteiger partial charge is 0.410 e. The van der Waals surface area contributed by atoms with Gasteiger partial charge < -0.3 is 15.4 Å². The summed E-state index contributed by atoms with van der Waals surface area (Å²) >= 11 is 0. The number of hydrogen-bond acceptors (Lipinski definition) is 5. The molecule has 8 nitrogen and oxygen atoms in total. The summed E-state index contributed by atoms with van der Waals surface area (Å²) in [5.41, 5.74) is 0.263. The molecular weight excluding hydrogens is 396 g/mol. The minimum absolute atomic E-state index is 0.0461. The number of pyridine rings is 1. The van der Waals surface area contributed by atoms with Crippen LogP contribution in [0.1, 0.15) is 59.6 Å². The molecule has 1 aromatic heterocycles. The minimum Gasteiger partial charge on any atom is -0.444 e. The largest absolute Gasteiger partial charge is 0.444 e. The van der Waals surface area contributed by atoms with Crippen LogP contribution in [0.5, 0.6) is 0 Å². The van der Waals surface area contributed by atoms with Gasteiger partial charge in [-0.05, 0) is 51.7 Å². The molecule has 1 unspecified atom stereocenters. The van der Waals surface area contributed by atoms with Gasteiger partial charge in [-0.25, -0.2) is 4.79 Å². The van der Waals surface area contributed by atoms with Gasteiger partial charge in [0.1, 0.15) is 17.7 Å². The van der Waals surface area contributed by atoms with E-state index in [-0.39, 0.29) is 17.7 Å². The molecule has 3 atom stereocenters. The predicted octanol–water partition coefficient (Wildman–Crippen LogP) is 2.67. The molecule has 31 heavy (non-hydrogen) atoms. The van der Waals surface area contributed by atoms with Crippen LogP contribution >= 0.6 is 0 Å². The van der Waals surface area contributed by atoms with Crippen LogP contribution in [0.2, 0.25) is 0 Å². The Balaban J connectivity index is 1.98. The lowest BCUT2D eigenvalue weighted by molar-refractivity contribution is -0.132. The Morgan fingerprint density at radius 2 is 2.03 bits per heavy atom. The molecule has 1 aromatic rings. The average Bonchev–Trinajstić information content (AvgIpc) is 3.21. The summed E-state index contributed by atoms with van der Waals surface area (Å²) in [4.78, 5) is 44.1. The third kappa shape index (κ3) is 7.52. The van der Waals surface area contributed by atoms with Crippen molar-refractivity contribution in [2.75, 3.05) is 13.1 Å². The number of carbonyl (C=O) groups excluding carboxylic acids is 3. The average molecular weight is 433 g/mol. The molecule has 0 aliphatic carbocycles. The van der Waals surface area contributed by atoms with Crippen molar-refractivity contribution in [3.63, 3.8) is 0 Å². The van der Waals surface area contributed by atoms with Gasteiger partial charge in [0.25, 0.3) is 0 Å². The molecule has 1 aliphatic rings. The number of carbonyl (C=O) groups is 3. The van der Waals surface area contributed by atoms with Crippen molar-refractivity contribution in [3.8, 4) is 0 Å². The van der Waals surface area contributed by atoms with Crippen LogP contribution in [0.25, 0.3) is 0 Å².